The van der Waals surface area contributed by atoms with Crippen molar-refractivity contribution >= 4 is 6.03 Å². The summed E-state index contributed by atoms with van der Waals surface area (Å²) in [5, 5.41) is 3.15. The van der Waals surface area contributed by atoms with Crippen LogP contribution in [0, 0.1) is 5.82 Å². The van der Waals surface area contributed by atoms with Gasteiger partial charge in [-0.2, -0.15) is 0 Å². The van der Waals surface area contributed by atoms with Crippen LogP contribution in [0.3, 0.4) is 0 Å². The average Bonchev–Trinajstić information content (AvgIpc) is 2.94. The molecule has 2 aromatic rings. The van der Waals surface area contributed by atoms with Crippen molar-refractivity contribution in [1.82, 2.24) is 20.1 Å². The number of carbonyl (C=O) groups excluding carboxylic acids is 1. The normalized spacial score (nSPS) is 16.6. The lowest BCUT2D eigenvalue weighted by atomic mass is 10.1. The highest BCUT2D eigenvalue weighted by Gasteiger charge is 2.21. The molecule has 0 bridgehead atoms. The van der Waals surface area contributed by atoms with Gasteiger partial charge in [-0.1, -0.05) is 19.1 Å². The summed E-state index contributed by atoms with van der Waals surface area (Å²) in [6.07, 6.45) is 5.27. The minimum Gasteiger partial charge on any atom is -0.331 e. The third-order valence-corrected chi connectivity index (χ3v) is 5.01. The van der Waals surface area contributed by atoms with E-state index in [1.807, 2.05) is 29.2 Å². The minimum atomic E-state index is -0.211. The fourth-order valence-electron chi connectivity index (χ4n) is 3.44. The van der Waals surface area contributed by atoms with E-state index in [4.69, 9.17) is 0 Å². The van der Waals surface area contributed by atoms with Crippen molar-refractivity contribution in [3.63, 3.8) is 0 Å². The maximum absolute atomic E-state index is 13.1. The van der Waals surface area contributed by atoms with Gasteiger partial charge in [0, 0.05) is 45.1 Å². The molecule has 0 spiro atoms. The van der Waals surface area contributed by atoms with Crippen LogP contribution in [0.15, 0.2) is 48.8 Å². The Bertz CT molecular complexity index is 723. The topological polar surface area (TPSA) is 48.5 Å². The third kappa shape index (κ3) is 5.50. The number of amides is 2. The minimum absolute atomic E-state index is 0.000860. The van der Waals surface area contributed by atoms with E-state index in [1.165, 1.54) is 12.1 Å². The zero-order valence-electron chi connectivity index (χ0n) is 15.8. The van der Waals surface area contributed by atoms with Crippen LogP contribution in [-0.2, 0) is 6.54 Å². The largest absolute Gasteiger partial charge is 0.331 e. The second kappa shape index (κ2) is 9.46. The highest BCUT2D eigenvalue weighted by Crippen LogP contribution is 2.16. The monoisotopic (exact) mass is 370 g/mol. The SMILES string of the molecule is CC[C@H](NC(=O)N1CCCN(Cc2ccc(F)cc2)CC1)c1ccncc1. The van der Waals surface area contributed by atoms with Crippen LogP contribution in [0.1, 0.15) is 36.9 Å². The van der Waals surface area contributed by atoms with Gasteiger partial charge in [-0.25, -0.2) is 9.18 Å². The highest BCUT2D eigenvalue weighted by molar-refractivity contribution is 5.74. The van der Waals surface area contributed by atoms with Crippen molar-refractivity contribution in [2.75, 3.05) is 26.2 Å². The molecule has 0 saturated carbocycles. The first-order valence-electron chi connectivity index (χ1n) is 9.58. The molecule has 1 aliphatic rings. The van der Waals surface area contributed by atoms with Crippen molar-refractivity contribution in [2.24, 2.45) is 0 Å². The molecule has 1 N–H and O–H groups in total. The summed E-state index contributed by atoms with van der Waals surface area (Å²) in [4.78, 5) is 21.0. The summed E-state index contributed by atoms with van der Waals surface area (Å²) in [6.45, 7) is 6.04. The standard InChI is InChI=1S/C21H27FN4O/c1-2-20(18-8-10-23-11-9-18)24-21(27)26-13-3-12-25(14-15-26)16-17-4-6-19(22)7-5-17/h4-11,20H,2-3,12-16H2,1H3,(H,24,27)/t20-/m0/s1. The lowest BCUT2D eigenvalue weighted by Gasteiger charge is -2.25. The molecule has 6 heteroatoms. The predicted octanol–water partition coefficient (Wildman–Crippen LogP) is 3.59. The van der Waals surface area contributed by atoms with Gasteiger partial charge < -0.3 is 10.2 Å². The van der Waals surface area contributed by atoms with Crippen molar-refractivity contribution in [3.8, 4) is 0 Å². The number of hydrogen-bond donors (Lipinski definition) is 1. The number of aromatic nitrogens is 1. The average molecular weight is 370 g/mol. The highest BCUT2D eigenvalue weighted by atomic mass is 19.1. The van der Waals surface area contributed by atoms with Crippen molar-refractivity contribution in [1.29, 1.82) is 0 Å². The molecule has 1 aromatic heterocycles. The Hall–Kier alpha value is -2.47. The molecule has 0 aliphatic carbocycles. The van der Waals surface area contributed by atoms with Crippen LogP contribution < -0.4 is 5.32 Å². The van der Waals surface area contributed by atoms with Gasteiger partial charge in [0.05, 0.1) is 6.04 Å². The van der Waals surface area contributed by atoms with E-state index in [9.17, 15) is 9.18 Å². The zero-order valence-corrected chi connectivity index (χ0v) is 15.8. The zero-order chi connectivity index (χ0) is 19.1. The van der Waals surface area contributed by atoms with Crippen molar-refractivity contribution in [2.45, 2.75) is 32.4 Å². The van der Waals surface area contributed by atoms with Crippen molar-refractivity contribution < 1.29 is 9.18 Å². The van der Waals surface area contributed by atoms with E-state index >= 15 is 0 Å². The van der Waals surface area contributed by atoms with Crippen LogP contribution in [0.25, 0.3) is 0 Å². The summed E-state index contributed by atoms with van der Waals surface area (Å²) in [6, 6.07) is 10.5. The molecule has 1 atom stereocenters. The van der Waals surface area contributed by atoms with Crippen LogP contribution in [0.5, 0.6) is 0 Å². The second-order valence-electron chi connectivity index (χ2n) is 6.93. The third-order valence-electron chi connectivity index (χ3n) is 5.01. The maximum Gasteiger partial charge on any atom is 0.317 e. The molecule has 3 rings (SSSR count). The summed E-state index contributed by atoms with van der Waals surface area (Å²) in [5.41, 5.74) is 2.17. The van der Waals surface area contributed by atoms with Crippen LogP contribution in [-0.4, -0.2) is 47.0 Å². The van der Waals surface area contributed by atoms with E-state index in [-0.39, 0.29) is 17.9 Å². The van der Waals surface area contributed by atoms with E-state index in [0.29, 0.717) is 6.54 Å². The molecule has 144 valence electrons. The molecule has 2 heterocycles. The molecule has 2 amide bonds. The number of nitrogens with zero attached hydrogens (tertiary/aromatic N) is 3. The first-order valence-corrected chi connectivity index (χ1v) is 9.58. The van der Waals surface area contributed by atoms with E-state index < -0.39 is 0 Å². The number of urea groups is 1. The molecule has 0 radical (unpaired) electrons. The Morgan fingerprint density at radius 3 is 2.56 bits per heavy atom. The fourth-order valence-corrected chi connectivity index (χ4v) is 3.44. The molecule has 27 heavy (non-hydrogen) atoms. The van der Waals surface area contributed by atoms with E-state index in [2.05, 4.69) is 22.1 Å². The van der Waals surface area contributed by atoms with Crippen LogP contribution >= 0.6 is 0 Å². The van der Waals surface area contributed by atoms with Crippen molar-refractivity contribution in [3.05, 3.63) is 65.7 Å². The molecule has 1 saturated heterocycles. The number of halogens is 1. The molecule has 1 fully saturated rings. The molecule has 1 aliphatic heterocycles. The number of pyridine rings is 1. The van der Waals surface area contributed by atoms with Crippen LogP contribution in [0.4, 0.5) is 9.18 Å². The first kappa shape index (κ1) is 19.3. The van der Waals surface area contributed by atoms with Gasteiger partial charge in [0.25, 0.3) is 0 Å². The van der Waals surface area contributed by atoms with E-state index in [0.717, 1.165) is 50.1 Å². The van der Waals surface area contributed by atoms with E-state index in [1.54, 1.807) is 12.4 Å². The number of hydrogen-bond acceptors (Lipinski definition) is 3. The van der Waals surface area contributed by atoms with Gasteiger partial charge in [-0.15, -0.1) is 0 Å². The Balaban J connectivity index is 1.53. The lowest BCUT2D eigenvalue weighted by molar-refractivity contribution is 0.193. The lowest BCUT2D eigenvalue weighted by Crippen LogP contribution is -2.43. The van der Waals surface area contributed by atoms with Gasteiger partial charge in [-0.05, 0) is 48.2 Å². The number of benzene rings is 1. The van der Waals surface area contributed by atoms with Gasteiger partial charge in [0.1, 0.15) is 5.82 Å². The summed E-state index contributed by atoms with van der Waals surface area (Å²) >= 11 is 0. The molecule has 5 nitrogen and oxygen atoms in total. The number of rotatable bonds is 5. The summed E-state index contributed by atoms with van der Waals surface area (Å²) in [7, 11) is 0. The Kier molecular flexibility index (Phi) is 6.76. The Morgan fingerprint density at radius 2 is 1.85 bits per heavy atom. The van der Waals surface area contributed by atoms with Gasteiger partial charge in [0.15, 0.2) is 0 Å². The maximum atomic E-state index is 13.1. The molecule has 0 unspecified atom stereocenters. The predicted molar refractivity (Wildman–Crippen MR) is 104 cm³/mol. The van der Waals surface area contributed by atoms with Gasteiger partial charge >= 0.3 is 6.03 Å². The Labute approximate surface area is 160 Å². The van der Waals surface area contributed by atoms with Gasteiger partial charge in [-0.3, -0.25) is 9.88 Å². The summed E-state index contributed by atoms with van der Waals surface area (Å²) in [5.74, 6) is -0.211. The number of nitrogens with one attached hydrogen (secondary N) is 1. The fraction of sp³-hybridized carbons (Fsp3) is 0.429. The molecular formula is C21H27FN4O. The molecular weight excluding hydrogens is 343 g/mol. The second-order valence-corrected chi connectivity index (χ2v) is 6.93. The van der Waals surface area contributed by atoms with Gasteiger partial charge in [0.2, 0.25) is 0 Å². The molecule has 1 aromatic carbocycles. The summed E-state index contributed by atoms with van der Waals surface area (Å²) < 4.78 is 13.1. The smallest absolute Gasteiger partial charge is 0.317 e. The first-order chi connectivity index (χ1) is 13.2. The number of carbonyl (C=O) groups is 1. The Morgan fingerprint density at radius 1 is 1.11 bits per heavy atom. The quantitative estimate of drug-likeness (QED) is 0.875. The van der Waals surface area contributed by atoms with Crippen LogP contribution in [0.2, 0.25) is 0 Å².